The van der Waals surface area contributed by atoms with Gasteiger partial charge in [-0.05, 0) is 29.7 Å². The van der Waals surface area contributed by atoms with Crippen LogP contribution in [0, 0.1) is 0 Å². The molecule has 3 aromatic rings. The SMILES string of the molecule is COc1ccccc1CCN1CCN(C(=O)Cc2c[nH]c3ccccc23)CC1. The Morgan fingerprint density at radius 3 is 2.57 bits per heavy atom. The number of rotatable bonds is 6. The van der Waals surface area contributed by atoms with Crippen LogP contribution in [-0.2, 0) is 17.6 Å². The zero-order valence-corrected chi connectivity index (χ0v) is 16.4. The quantitative estimate of drug-likeness (QED) is 0.718. The summed E-state index contributed by atoms with van der Waals surface area (Å²) in [4.78, 5) is 20.4. The number of carbonyl (C=O) groups is 1. The van der Waals surface area contributed by atoms with Crippen LogP contribution in [0.5, 0.6) is 5.75 Å². The molecule has 0 saturated carbocycles. The summed E-state index contributed by atoms with van der Waals surface area (Å²) < 4.78 is 5.44. The smallest absolute Gasteiger partial charge is 0.227 e. The second-order valence-corrected chi connectivity index (χ2v) is 7.32. The molecule has 5 heteroatoms. The van der Waals surface area contributed by atoms with E-state index in [1.165, 1.54) is 5.56 Å². The minimum Gasteiger partial charge on any atom is -0.496 e. The number of hydrogen-bond acceptors (Lipinski definition) is 3. The molecular formula is C23H27N3O2. The van der Waals surface area contributed by atoms with Crippen LogP contribution in [0.15, 0.2) is 54.7 Å². The van der Waals surface area contributed by atoms with Crippen molar-refractivity contribution in [3.63, 3.8) is 0 Å². The molecule has 4 rings (SSSR count). The van der Waals surface area contributed by atoms with Crippen molar-refractivity contribution in [1.29, 1.82) is 0 Å². The normalized spacial score (nSPS) is 15.1. The third-order valence-corrected chi connectivity index (χ3v) is 5.63. The molecule has 1 N–H and O–H groups in total. The van der Waals surface area contributed by atoms with Gasteiger partial charge in [-0.2, -0.15) is 0 Å². The predicted octanol–water partition coefficient (Wildman–Crippen LogP) is 3.11. The first kappa shape index (κ1) is 18.6. The molecule has 0 unspecified atom stereocenters. The first-order valence-electron chi connectivity index (χ1n) is 9.91. The number of carbonyl (C=O) groups excluding carboxylic acids is 1. The van der Waals surface area contributed by atoms with E-state index in [0.29, 0.717) is 6.42 Å². The van der Waals surface area contributed by atoms with Gasteiger partial charge in [0.05, 0.1) is 13.5 Å². The molecule has 1 aliphatic heterocycles. The number of nitrogens with one attached hydrogen (secondary N) is 1. The monoisotopic (exact) mass is 377 g/mol. The molecule has 5 nitrogen and oxygen atoms in total. The van der Waals surface area contributed by atoms with Crippen LogP contribution in [0.2, 0.25) is 0 Å². The van der Waals surface area contributed by atoms with Gasteiger partial charge in [-0.3, -0.25) is 9.69 Å². The number of hydrogen-bond donors (Lipinski definition) is 1. The Kier molecular flexibility index (Phi) is 5.63. The third kappa shape index (κ3) is 4.04. The van der Waals surface area contributed by atoms with Crippen molar-refractivity contribution < 1.29 is 9.53 Å². The predicted molar refractivity (Wildman–Crippen MR) is 112 cm³/mol. The molecule has 1 fully saturated rings. The molecule has 0 atom stereocenters. The van der Waals surface area contributed by atoms with Gasteiger partial charge >= 0.3 is 0 Å². The van der Waals surface area contributed by atoms with Crippen LogP contribution in [0.1, 0.15) is 11.1 Å². The van der Waals surface area contributed by atoms with Crippen LogP contribution in [0.4, 0.5) is 0 Å². The van der Waals surface area contributed by atoms with E-state index in [1.807, 2.05) is 41.4 Å². The molecule has 1 aromatic heterocycles. The Morgan fingerprint density at radius 1 is 1.00 bits per heavy atom. The van der Waals surface area contributed by atoms with Gasteiger partial charge in [0.1, 0.15) is 5.75 Å². The summed E-state index contributed by atoms with van der Waals surface area (Å²) in [7, 11) is 1.72. The Morgan fingerprint density at radius 2 is 1.75 bits per heavy atom. The van der Waals surface area contributed by atoms with E-state index in [1.54, 1.807) is 7.11 Å². The van der Waals surface area contributed by atoms with E-state index in [9.17, 15) is 4.79 Å². The molecule has 0 bridgehead atoms. The molecular weight excluding hydrogens is 350 g/mol. The van der Waals surface area contributed by atoms with E-state index in [0.717, 1.165) is 61.4 Å². The van der Waals surface area contributed by atoms with Crippen molar-refractivity contribution in [3.05, 3.63) is 65.9 Å². The maximum absolute atomic E-state index is 12.8. The van der Waals surface area contributed by atoms with Crippen LogP contribution in [-0.4, -0.2) is 60.5 Å². The van der Waals surface area contributed by atoms with Gasteiger partial charge < -0.3 is 14.6 Å². The maximum atomic E-state index is 12.8. The molecule has 0 spiro atoms. The number of amides is 1. The number of para-hydroxylation sites is 2. The first-order chi connectivity index (χ1) is 13.7. The zero-order valence-electron chi connectivity index (χ0n) is 16.4. The Balaban J connectivity index is 1.28. The molecule has 28 heavy (non-hydrogen) atoms. The lowest BCUT2D eigenvalue weighted by molar-refractivity contribution is -0.132. The summed E-state index contributed by atoms with van der Waals surface area (Å²) in [6.07, 6.45) is 3.39. The molecule has 1 saturated heterocycles. The third-order valence-electron chi connectivity index (χ3n) is 5.63. The summed E-state index contributed by atoms with van der Waals surface area (Å²) >= 11 is 0. The van der Waals surface area contributed by atoms with Gasteiger partial charge in [-0.25, -0.2) is 0 Å². The van der Waals surface area contributed by atoms with Gasteiger partial charge in [0.25, 0.3) is 0 Å². The van der Waals surface area contributed by atoms with Crippen LogP contribution in [0.25, 0.3) is 10.9 Å². The van der Waals surface area contributed by atoms with Crippen LogP contribution >= 0.6 is 0 Å². The van der Waals surface area contributed by atoms with Gasteiger partial charge in [0.15, 0.2) is 0 Å². The highest BCUT2D eigenvalue weighted by atomic mass is 16.5. The minimum absolute atomic E-state index is 0.217. The fraction of sp³-hybridized carbons (Fsp3) is 0.348. The number of H-pyrrole nitrogens is 1. The van der Waals surface area contributed by atoms with Crippen LogP contribution in [0.3, 0.4) is 0 Å². The standard InChI is InChI=1S/C23H27N3O2/c1-28-22-9-5-2-6-18(22)10-11-25-12-14-26(15-13-25)23(27)16-19-17-24-21-8-4-3-7-20(19)21/h2-9,17,24H,10-16H2,1H3. The number of piperazine rings is 1. The molecule has 0 radical (unpaired) electrons. The number of aromatic nitrogens is 1. The van der Waals surface area contributed by atoms with Crippen molar-refractivity contribution in [2.45, 2.75) is 12.8 Å². The van der Waals surface area contributed by atoms with Gasteiger partial charge in [0, 0.05) is 49.8 Å². The van der Waals surface area contributed by atoms with E-state index in [-0.39, 0.29) is 5.91 Å². The van der Waals surface area contributed by atoms with Crippen molar-refractivity contribution >= 4 is 16.8 Å². The van der Waals surface area contributed by atoms with Crippen LogP contribution < -0.4 is 4.74 Å². The number of ether oxygens (including phenoxy) is 1. The average molecular weight is 377 g/mol. The number of benzene rings is 2. The molecule has 1 aliphatic rings. The van der Waals surface area contributed by atoms with E-state index in [2.05, 4.69) is 28.1 Å². The van der Waals surface area contributed by atoms with Gasteiger partial charge in [0.2, 0.25) is 5.91 Å². The lowest BCUT2D eigenvalue weighted by Gasteiger charge is -2.35. The number of methoxy groups -OCH3 is 1. The Labute approximate surface area is 165 Å². The number of aromatic amines is 1. The second kappa shape index (κ2) is 8.48. The highest BCUT2D eigenvalue weighted by Gasteiger charge is 2.22. The van der Waals surface area contributed by atoms with Crippen molar-refractivity contribution in [2.24, 2.45) is 0 Å². The second-order valence-electron chi connectivity index (χ2n) is 7.32. The molecule has 2 aromatic carbocycles. The largest absolute Gasteiger partial charge is 0.496 e. The summed E-state index contributed by atoms with van der Waals surface area (Å²) in [5, 5.41) is 1.14. The van der Waals surface area contributed by atoms with Gasteiger partial charge in [-0.15, -0.1) is 0 Å². The Bertz CT molecular complexity index is 942. The lowest BCUT2D eigenvalue weighted by atomic mass is 10.1. The fourth-order valence-electron chi connectivity index (χ4n) is 3.96. The minimum atomic E-state index is 0.217. The number of nitrogens with zero attached hydrogens (tertiary/aromatic N) is 2. The Hall–Kier alpha value is -2.79. The van der Waals surface area contributed by atoms with Gasteiger partial charge in [-0.1, -0.05) is 36.4 Å². The topological polar surface area (TPSA) is 48.6 Å². The summed E-state index contributed by atoms with van der Waals surface area (Å²) in [6, 6.07) is 16.3. The van der Waals surface area contributed by atoms with Crippen molar-refractivity contribution in [3.8, 4) is 5.75 Å². The average Bonchev–Trinajstić information content (AvgIpc) is 3.15. The number of fused-ring (bicyclic) bond motifs is 1. The summed E-state index contributed by atoms with van der Waals surface area (Å²) in [5.41, 5.74) is 3.41. The van der Waals surface area contributed by atoms with Crippen molar-refractivity contribution in [1.82, 2.24) is 14.8 Å². The first-order valence-corrected chi connectivity index (χ1v) is 9.91. The molecule has 1 amide bonds. The highest BCUT2D eigenvalue weighted by Crippen LogP contribution is 2.20. The zero-order chi connectivity index (χ0) is 19.3. The summed E-state index contributed by atoms with van der Waals surface area (Å²) in [5.74, 6) is 1.17. The highest BCUT2D eigenvalue weighted by molar-refractivity contribution is 5.88. The van der Waals surface area contributed by atoms with E-state index < -0.39 is 0 Å². The lowest BCUT2D eigenvalue weighted by Crippen LogP contribution is -2.49. The molecule has 0 aliphatic carbocycles. The molecule has 2 heterocycles. The van der Waals surface area contributed by atoms with E-state index >= 15 is 0 Å². The van der Waals surface area contributed by atoms with Crippen molar-refractivity contribution in [2.75, 3.05) is 39.8 Å². The molecule has 146 valence electrons. The maximum Gasteiger partial charge on any atom is 0.227 e. The van der Waals surface area contributed by atoms with E-state index in [4.69, 9.17) is 4.74 Å². The fourth-order valence-corrected chi connectivity index (χ4v) is 3.96. The summed E-state index contributed by atoms with van der Waals surface area (Å²) in [6.45, 7) is 4.44.